The summed E-state index contributed by atoms with van der Waals surface area (Å²) >= 11 is 0. The highest BCUT2D eigenvalue weighted by atomic mass is 19.4. The van der Waals surface area contributed by atoms with E-state index < -0.39 is 23.8 Å². The van der Waals surface area contributed by atoms with Gasteiger partial charge >= 0.3 is 12.1 Å². The maximum atomic E-state index is 13.8. The second-order valence-electron chi connectivity index (χ2n) is 8.24. The lowest BCUT2D eigenvalue weighted by Crippen LogP contribution is -2.10. The third-order valence-electron chi connectivity index (χ3n) is 6.06. The van der Waals surface area contributed by atoms with Gasteiger partial charge in [0.05, 0.1) is 18.2 Å². The zero-order valence-electron chi connectivity index (χ0n) is 21.7. The van der Waals surface area contributed by atoms with Gasteiger partial charge in [-0.2, -0.15) is 13.2 Å². The van der Waals surface area contributed by atoms with Crippen molar-refractivity contribution in [2.45, 2.75) is 59.2 Å². The predicted octanol–water partition coefficient (Wildman–Crippen LogP) is 8.57. The van der Waals surface area contributed by atoms with Crippen LogP contribution in [-0.2, 0) is 23.8 Å². The number of furan rings is 1. The minimum atomic E-state index is -4.53. The molecule has 1 atom stereocenters. The number of phenols is 1. The van der Waals surface area contributed by atoms with Crippen LogP contribution in [-0.4, -0.2) is 16.2 Å². The van der Waals surface area contributed by atoms with E-state index in [0.29, 0.717) is 51.8 Å². The molecule has 0 radical (unpaired) electrons. The number of carbonyl (C=O) groups is 1. The van der Waals surface area contributed by atoms with Gasteiger partial charge in [-0.3, -0.25) is 4.79 Å². The molecular weight excluding hydrogens is 497 g/mol. The Balaban J connectivity index is 0.000000956. The molecule has 8 heteroatoms. The number of benzene rings is 3. The highest BCUT2D eigenvalue weighted by molar-refractivity contribution is 5.86. The average Bonchev–Trinajstić information content (AvgIpc) is 3.49. The third kappa shape index (κ3) is 5.96. The van der Waals surface area contributed by atoms with E-state index in [9.17, 15) is 23.1 Å². The van der Waals surface area contributed by atoms with Gasteiger partial charge in [0, 0.05) is 17.0 Å². The highest BCUT2D eigenvalue weighted by Gasteiger charge is 2.38. The number of hydrogen-bond acceptors (Lipinski definition) is 4. The number of carboxylic acids is 1. The van der Waals surface area contributed by atoms with E-state index in [1.165, 1.54) is 36.6 Å². The molecule has 5 rings (SSSR count). The molecule has 0 bridgehead atoms. The molecule has 202 valence electrons. The van der Waals surface area contributed by atoms with E-state index in [1.807, 2.05) is 27.7 Å². The van der Waals surface area contributed by atoms with Crippen LogP contribution in [0.2, 0.25) is 0 Å². The Morgan fingerprint density at radius 3 is 2.34 bits per heavy atom. The molecule has 1 unspecified atom stereocenters. The van der Waals surface area contributed by atoms with Gasteiger partial charge in [-0.05, 0) is 65.4 Å². The maximum absolute atomic E-state index is 13.8. The first-order chi connectivity index (χ1) is 18.2. The SMILES string of the molecule is CC.CC.O=C(O)Cc1coc2cc(OC3CCc4c3ccc(C(F)(F)F)c4-c3ccc(O)cc3)ccc12. The number of carboxylic acid groups (broad SMARTS) is 1. The van der Waals surface area contributed by atoms with Gasteiger partial charge in [0.25, 0.3) is 0 Å². The quantitative estimate of drug-likeness (QED) is 0.271. The summed E-state index contributed by atoms with van der Waals surface area (Å²) in [5.74, 6) is -0.508. The molecule has 0 spiro atoms. The van der Waals surface area contributed by atoms with Gasteiger partial charge in [-0.15, -0.1) is 0 Å². The van der Waals surface area contributed by atoms with Gasteiger partial charge in [-0.25, -0.2) is 0 Å². The van der Waals surface area contributed by atoms with Gasteiger partial charge in [0.2, 0.25) is 0 Å². The number of halogens is 3. The summed E-state index contributed by atoms with van der Waals surface area (Å²) in [4.78, 5) is 11.0. The Kier molecular flexibility index (Phi) is 9.09. The summed E-state index contributed by atoms with van der Waals surface area (Å²) in [6.07, 6.45) is -2.83. The summed E-state index contributed by atoms with van der Waals surface area (Å²) < 4.78 is 53.1. The van der Waals surface area contributed by atoms with Crippen molar-refractivity contribution < 1.29 is 37.3 Å². The first-order valence-corrected chi connectivity index (χ1v) is 12.6. The van der Waals surface area contributed by atoms with E-state index in [1.54, 1.807) is 18.2 Å². The Bertz CT molecular complexity index is 1390. The number of ether oxygens (including phenoxy) is 1. The van der Waals surface area contributed by atoms with Crippen LogP contribution in [0, 0.1) is 0 Å². The zero-order chi connectivity index (χ0) is 28.0. The maximum Gasteiger partial charge on any atom is 0.417 e. The molecule has 0 saturated heterocycles. The van der Waals surface area contributed by atoms with Gasteiger partial charge < -0.3 is 19.4 Å². The number of phenolic OH excluding ortho intramolecular Hbond substituents is 1. The molecule has 0 fully saturated rings. The molecule has 1 aliphatic carbocycles. The van der Waals surface area contributed by atoms with Gasteiger partial charge in [0.1, 0.15) is 23.2 Å². The highest BCUT2D eigenvalue weighted by Crippen LogP contribution is 2.46. The van der Waals surface area contributed by atoms with Crippen molar-refractivity contribution in [1.82, 2.24) is 0 Å². The Labute approximate surface area is 219 Å². The van der Waals surface area contributed by atoms with Crippen molar-refractivity contribution in [1.29, 1.82) is 0 Å². The van der Waals surface area contributed by atoms with E-state index >= 15 is 0 Å². The number of alkyl halides is 3. The Morgan fingerprint density at radius 2 is 1.71 bits per heavy atom. The average molecular weight is 529 g/mol. The lowest BCUT2D eigenvalue weighted by atomic mass is 9.91. The van der Waals surface area contributed by atoms with Crippen LogP contribution in [0.3, 0.4) is 0 Å². The fraction of sp³-hybridized carbons (Fsp3) is 0.300. The normalized spacial score (nSPS) is 14.1. The van der Waals surface area contributed by atoms with E-state index in [-0.39, 0.29) is 17.7 Å². The number of fused-ring (bicyclic) bond motifs is 2. The van der Waals surface area contributed by atoms with E-state index in [4.69, 9.17) is 14.3 Å². The molecular formula is C30H31F3O5. The van der Waals surface area contributed by atoms with Crippen LogP contribution in [0.1, 0.15) is 62.5 Å². The summed E-state index contributed by atoms with van der Waals surface area (Å²) in [7, 11) is 0. The van der Waals surface area contributed by atoms with Crippen molar-refractivity contribution >= 4 is 16.9 Å². The van der Waals surface area contributed by atoms with Crippen molar-refractivity contribution in [2.75, 3.05) is 0 Å². The lowest BCUT2D eigenvalue weighted by molar-refractivity contribution is -0.137. The molecule has 1 aromatic heterocycles. The number of rotatable bonds is 5. The second-order valence-corrected chi connectivity index (χ2v) is 8.24. The van der Waals surface area contributed by atoms with Gasteiger partial charge in [-0.1, -0.05) is 45.9 Å². The van der Waals surface area contributed by atoms with E-state index in [0.717, 1.165) is 6.07 Å². The standard InChI is InChI=1S/C26H19F3O5.2C2H6/c27-26(28,29)21-9-7-19-20(25(21)14-1-3-16(30)4-2-14)8-10-22(19)34-17-5-6-18-15(11-24(31)32)13-33-23(18)12-17;2*1-2/h1-7,9,12-13,22,30H,8,10-11H2,(H,31,32);2*1-2H3. The molecule has 38 heavy (non-hydrogen) atoms. The lowest BCUT2D eigenvalue weighted by Gasteiger charge is -2.19. The minimum absolute atomic E-state index is 0.0223. The fourth-order valence-electron chi connectivity index (χ4n) is 4.58. The summed E-state index contributed by atoms with van der Waals surface area (Å²) in [5.41, 5.74) is 2.06. The van der Waals surface area contributed by atoms with Crippen molar-refractivity contribution in [2.24, 2.45) is 0 Å². The first kappa shape index (κ1) is 28.6. The predicted molar refractivity (Wildman–Crippen MR) is 140 cm³/mol. The topological polar surface area (TPSA) is 79.9 Å². The number of hydrogen-bond donors (Lipinski definition) is 2. The zero-order valence-corrected chi connectivity index (χ0v) is 21.7. The van der Waals surface area contributed by atoms with E-state index in [2.05, 4.69) is 0 Å². The van der Waals surface area contributed by atoms with Crippen LogP contribution >= 0.6 is 0 Å². The fourth-order valence-corrected chi connectivity index (χ4v) is 4.58. The molecule has 1 aliphatic rings. The second kappa shape index (κ2) is 12.1. The molecule has 3 aromatic carbocycles. The molecule has 0 amide bonds. The molecule has 0 saturated carbocycles. The summed E-state index contributed by atoms with van der Waals surface area (Å²) in [6, 6.07) is 13.3. The van der Waals surface area contributed by atoms with Crippen LogP contribution < -0.4 is 4.74 Å². The smallest absolute Gasteiger partial charge is 0.417 e. The molecule has 2 N–H and O–H groups in total. The molecule has 1 heterocycles. The van der Waals surface area contributed by atoms with Crippen molar-refractivity contribution in [3.8, 4) is 22.6 Å². The third-order valence-corrected chi connectivity index (χ3v) is 6.06. The van der Waals surface area contributed by atoms with Gasteiger partial charge in [0.15, 0.2) is 0 Å². The molecule has 4 aromatic rings. The molecule has 5 nitrogen and oxygen atoms in total. The van der Waals surface area contributed by atoms with Crippen molar-refractivity contribution in [3.63, 3.8) is 0 Å². The van der Waals surface area contributed by atoms with Crippen LogP contribution in [0.5, 0.6) is 11.5 Å². The molecule has 0 aliphatic heterocycles. The number of aromatic hydroxyl groups is 1. The monoisotopic (exact) mass is 528 g/mol. The van der Waals surface area contributed by atoms with Crippen LogP contribution in [0.25, 0.3) is 22.1 Å². The van der Waals surface area contributed by atoms with Crippen LogP contribution in [0.4, 0.5) is 13.2 Å². The van der Waals surface area contributed by atoms with Crippen molar-refractivity contribution in [3.05, 3.63) is 83.1 Å². The Morgan fingerprint density at radius 1 is 1.03 bits per heavy atom. The van der Waals surface area contributed by atoms with Crippen LogP contribution in [0.15, 0.2) is 65.3 Å². The Hall–Kier alpha value is -3.94. The summed E-state index contributed by atoms with van der Waals surface area (Å²) in [6.45, 7) is 8.00. The summed E-state index contributed by atoms with van der Waals surface area (Å²) in [5, 5.41) is 19.3. The number of aliphatic carboxylic acids is 1. The minimum Gasteiger partial charge on any atom is -0.508 e. The largest absolute Gasteiger partial charge is 0.508 e. The first-order valence-electron chi connectivity index (χ1n) is 12.6.